The lowest BCUT2D eigenvalue weighted by atomic mass is 10.1. The zero-order valence-corrected chi connectivity index (χ0v) is 12.4. The Balaban J connectivity index is 2.11. The topological polar surface area (TPSA) is 30.3 Å². The lowest BCUT2D eigenvalue weighted by molar-refractivity contribution is 0.396. The van der Waals surface area contributed by atoms with Gasteiger partial charge in [0.2, 0.25) is 0 Å². The Kier molecular flexibility index (Phi) is 4.26. The molecule has 1 aromatic rings. The van der Waals surface area contributed by atoms with Crippen molar-refractivity contribution in [3.8, 4) is 6.07 Å². The number of rotatable bonds is 3. The van der Waals surface area contributed by atoms with E-state index < -0.39 is 0 Å². The van der Waals surface area contributed by atoms with Gasteiger partial charge in [0.05, 0.1) is 11.3 Å². The molecule has 0 N–H and O–H groups in total. The molecule has 0 amide bonds. The summed E-state index contributed by atoms with van der Waals surface area (Å²) in [5, 5.41) is 9.16. The first-order valence-corrected chi connectivity index (χ1v) is 6.99. The first-order chi connectivity index (χ1) is 8.60. The fourth-order valence-corrected chi connectivity index (χ4v) is 2.93. The van der Waals surface area contributed by atoms with Crippen LogP contribution in [0.1, 0.15) is 12.0 Å². The Morgan fingerprint density at radius 2 is 2.33 bits per heavy atom. The van der Waals surface area contributed by atoms with Crippen molar-refractivity contribution < 1.29 is 0 Å². The molecule has 1 atom stereocenters. The fourth-order valence-electron chi connectivity index (χ4n) is 2.58. The zero-order chi connectivity index (χ0) is 13.1. The number of nitriles is 1. The van der Waals surface area contributed by atoms with Crippen LogP contribution in [-0.2, 0) is 0 Å². The molecule has 3 nitrogen and oxygen atoms in total. The van der Waals surface area contributed by atoms with E-state index in [1.165, 1.54) is 13.0 Å². The van der Waals surface area contributed by atoms with Crippen molar-refractivity contribution in [3.05, 3.63) is 28.2 Å². The van der Waals surface area contributed by atoms with Gasteiger partial charge < -0.3 is 9.80 Å². The molecule has 96 valence electrons. The van der Waals surface area contributed by atoms with Crippen LogP contribution < -0.4 is 4.90 Å². The van der Waals surface area contributed by atoms with Crippen molar-refractivity contribution in [1.82, 2.24) is 4.90 Å². The summed E-state index contributed by atoms with van der Waals surface area (Å²) < 4.78 is 1.02. The number of anilines is 1. The maximum Gasteiger partial charge on any atom is 0.101 e. The van der Waals surface area contributed by atoms with Gasteiger partial charge in [0, 0.05) is 24.6 Å². The Labute approximate surface area is 117 Å². The third kappa shape index (κ3) is 3.04. The fraction of sp³-hybridized carbons (Fsp3) is 0.500. The molecular formula is C14H18BrN3. The van der Waals surface area contributed by atoms with Crippen LogP contribution in [0.3, 0.4) is 0 Å². The van der Waals surface area contributed by atoms with Crippen LogP contribution in [0, 0.1) is 17.2 Å². The summed E-state index contributed by atoms with van der Waals surface area (Å²) in [7, 11) is 4.24. The molecule has 0 aliphatic carbocycles. The summed E-state index contributed by atoms with van der Waals surface area (Å²) in [5.74, 6) is 0.700. The van der Waals surface area contributed by atoms with Gasteiger partial charge in [-0.3, -0.25) is 0 Å². The maximum absolute atomic E-state index is 9.16. The highest BCUT2D eigenvalue weighted by Gasteiger charge is 2.21. The minimum atomic E-state index is 0.700. The third-order valence-electron chi connectivity index (χ3n) is 3.51. The molecule has 0 bridgehead atoms. The Bertz CT molecular complexity index is 467. The molecule has 1 aromatic carbocycles. The molecule has 1 unspecified atom stereocenters. The zero-order valence-electron chi connectivity index (χ0n) is 10.9. The monoisotopic (exact) mass is 307 g/mol. The van der Waals surface area contributed by atoms with E-state index >= 15 is 0 Å². The van der Waals surface area contributed by atoms with Crippen LogP contribution in [0.5, 0.6) is 0 Å². The molecular weight excluding hydrogens is 290 g/mol. The van der Waals surface area contributed by atoms with E-state index in [1.54, 1.807) is 0 Å². The third-order valence-corrected chi connectivity index (χ3v) is 4.01. The summed E-state index contributed by atoms with van der Waals surface area (Å²) in [4.78, 5) is 4.57. The predicted octanol–water partition coefficient (Wildman–Crippen LogP) is 2.71. The molecule has 18 heavy (non-hydrogen) atoms. The average Bonchev–Trinajstić information content (AvgIpc) is 2.74. The van der Waals surface area contributed by atoms with Crippen LogP contribution in [0.25, 0.3) is 0 Å². The molecule has 1 aliphatic heterocycles. The van der Waals surface area contributed by atoms with Crippen molar-refractivity contribution in [3.63, 3.8) is 0 Å². The molecule has 0 spiro atoms. The second-order valence-corrected chi connectivity index (χ2v) is 5.99. The first kappa shape index (κ1) is 13.4. The summed E-state index contributed by atoms with van der Waals surface area (Å²) in [6.07, 6.45) is 1.25. The number of benzene rings is 1. The van der Waals surface area contributed by atoms with Gasteiger partial charge in [-0.25, -0.2) is 0 Å². The lowest BCUT2D eigenvalue weighted by Gasteiger charge is -2.24. The predicted molar refractivity (Wildman–Crippen MR) is 77.7 cm³/mol. The quantitative estimate of drug-likeness (QED) is 0.860. The molecule has 2 rings (SSSR count). The smallest absolute Gasteiger partial charge is 0.101 e. The van der Waals surface area contributed by atoms with Crippen molar-refractivity contribution in [2.45, 2.75) is 6.42 Å². The van der Waals surface area contributed by atoms with E-state index in [2.05, 4.69) is 45.9 Å². The van der Waals surface area contributed by atoms with E-state index in [9.17, 15) is 0 Å². The van der Waals surface area contributed by atoms with Gasteiger partial charge in [0.15, 0.2) is 0 Å². The van der Waals surface area contributed by atoms with Crippen molar-refractivity contribution in [2.75, 3.05) is 38.6 Å². The van der Waals surface area contributed by atoms with Gasteiger partial charge in [-0.15, -0.1) is 0 Å². The molecule has 0 aromatic heterocycles. The lowest BCUT2D eigenvalue weighted by Crippen LogP contribution is -2.27. The van der Waals surface area contributed by atoms with E-state index in [4.69, 9.17) is 5.26 Å². The first-order valence-electron chi connectivity index (χ1n) is 6.19. The Hall–Kier alpha value is -1.05. The molecule has 1 saturated heterocycles. The number of nitrogens with zero attached hydrogens (tertiary/aromatic N) is 3. The molecule has 0 saturated carbocycles. The van der Waals surface area contributed by atoms with Gasteiger partial charge >= 0.3 is 0 Å². The number of halogens is 1. The Morgan fingerprint density at radius 3 is 2.94 bits per heavy atom. The van der Waals surface area contributed by atoms with E-state index in [0.717, 1.165) is 28.8 Å². The van der Waals surface area contributed by atoms with E-state index in [-0.39, 0.29) is 0 Å². The van der Waals surface area contributed by atoms with Gasteiger partial charge in [-0.1, -0.05) is 15.9 Å². The van der Waals surface area contributed by atoms with Crippen LogP contribution in [-0.4, -0.2) is 38.6 Å². The summed E-state index contributed by atoms with van der Waals surface area (Å²) in [5.41, 5.74) is 1.76. The second-order valence-electron chi connectivity index (χ2n) is 5.07. The van der Waals surface area contributed by atoms with Crippen molar-refractivity contribution in [1.29, 1.82) is 5.26 Å². The van der Waals surface area contributed by atoms with Crippen LogP contribution in [0.4, 0.5) is 5.69 Å². The summed E-state index contributed by atoms with van der Waals surface area (Å²) in [6.45, 7) is 3.35. The normalized spacial score (nSPS) is 19.8. The molecule has 0 radical (unpaired) electrons. The second kappa shape index (κ2) is 5.73. The molecule has 1 heterocycles. The number of hydrogen-bond donors (Lipinski definition) is 0. The summed E-state index contributed by atoms with van der Waals surface area (Å²) >= 11 is 3.47. The molecule has 1 fully saturated rings. The standard InChI is InChI=1S/C14H18BrN3/c1-17-6-5-11(9-17)10-18(2)14-7-13(15)4-3-12(14)8-16/h3-4,7,11H,5-6,9-10H2,1-2H3. The highest BCUT2D eigenvalue weighted by Crippen LogP contribution is 2.26. The Morgan fingerprint density at radius 1 is 1.56 bits per heavy atom. The minimum Gasteiger partial charge on any atom is -0.373 e. The van der Waals surface area contributed by atoms with Crippen LogP contribution in [0.2, 0.25) is 0 Å². The van der Waals surface area contributed by atoms with Gasteiger partial charge in [-0.2, -0.15) is 5.26 Å². The van der Waals surface area contributed by atoms with E-state index in [0.29, 0.717) is 5.92 Å². The molecule has 1 aliphatic rings. The van der Waals surface area contributed by atoms with Crippen LogP contribution >= 0.6 is 15.9 Å². The summed E-state index contributed by atoms with van der Waals surface area (Å²) in [6, 6.07) is 8.08. The largest absolute Gasteiger partial charge is 0.373 e. The SMILES string of the molecule is CN1CCC(CN(C)c2cc(Br)ccc2C#N)C1. The number of likely N-dealkylation sites (tertiary alicyclic amines) is 1. The maximum atomic E-state index is 9.16. The van der Waals surface area contributed by atoms with Crippen molar-refractivity contribution >= 4 is 21.6 Å². The highest BCUT2D eigenvalue weighted by atomic mass is 79.9. The average molecular weight is 308 g/mol. The number of hydrogen-bond acceptors (Lipinski definition) is 3. The van der Waals surface area contributed by atoms with Crippen LogP contribution in [0.15, 0.2) is 22.7 Å². The van der Waals surface area contributed by atoms with Gasteiger partial charge in [0.25, 0.3) is 0 Å². The minimum absolute atomic E-state index is 0.700. The van der Waals surface area contributed by atoms with E-state index in [1.807, 2.05) is 18.2 Å². The molecule has 4 heteroatoms. The highest BCUT2D eigenvalue weighted by molar-refractivity contribution is 9.10. The van der Waals surface area contributed by atoms with Gasteiger partial charge in [0.1, 0.15) is 6.07 Å². The van der Waals surface area contributed by atoms with Crippen molar-refractivity contribution in [2.24, 2.45) is 5.92 Å². The van der Waals surface area contributed by atoms with Gasteiger partial charge in [-0.05, 0) is 44.1 Å².